The molecule has 0 spiro atoms. The molecule has 29 heavy (non-hydrogen) atoms. The summed E-state index contributed by atoms with van der Waals surface area (Å²) in [4.78, 5) is 25.5. The van der Waals surface area contributed by atoms with Gasteiger partial charge in [0.2, 0.25) is 5.88 Å². The molecule has 8 heteroatoms. The van der Waals surface area contributed by atoms with Gasteiger partial charge in [-0.05, 0) is 36.8 Å². The number of ether oxygens (including phenoxy) is 1. The van der Waals surface area contributed by atoms with Crippen molar-refractivity contribution in [3.8, 4) is 11.7 Å². The molecule has 0 aliphatic carbocycles. The molecule has 0 radical (unpaired) electrons. The normalized spacial score (nSPS) is 10.8. The van der Waals surface area contributed by atoms with Crippen molar-refractivity contribution in [1.82, 2.24) is 24.8 Å². The first-order valence-electron chi connectivity index (χ1n) is 9.10. The van der Waals surface area contributed by atoms with Gasteiger partial charge in [0.25, 0.3) is 5.91 Å². The van der Waals surface area contributed by atoms with E-state index in [0.717, 1.165) is 22.4 Å². The second kappa shape index (κ2) is 8.28. The number of hydrogen-bond acceptors (Lipinski definition) is 5. The van der Waals surface area contributed by atoms with Gasteiger partial charge in [0.05, 0.1) is 22.7 Å². The van der Waals surface area contributed by atoms with Crippen LogP contribution in [0.2, 0.25) is 5.02 Å². The van der Waals surface area contributed by atoms with Crippen LogP contribution in [0.15, 0.2) is 61.1 Å². The minimum Gasteiger partial charge on any atom is -0.478 e. The second-order valence-corrected chi connectivity index (χ2v) is 6.63. The van der Waals surface area contributed by atoms with E-state index in [9.17, 15) is 4.79 Å². The number of para-hydroxylation sites is 2. The van der Waals surface area contributed by atoms with E-state index in [0.29, 0.717) is 19.0 Å². The minimum absolute atomic E-state index is 0.132. The predicted octanol–water partition coefficient (Wildman–Crippen LogP) is 3.80. The Morgan fingerprint density at radius 3 is 2.79 bits per heavy atom. The molecular formula is C21H18ClN5O2. The standard InChI is InChI=1S/C21H18ClN5O2/c1-2-29-19-10-8-15(22)20(26-19)21(28)24-12-14-7-9-18(23-11-14)27-13-25-16-5-3-4-6-17(16)27/h3-11,13H,2,12H2,1H3,(H,24,28). The molecule has 0 bridgehead atoms. The Morgan fingerprint density at radius 1 is 1.14 bits per heavy atom. The molecule has 0 aliphatic heterocycles. The topological polar surface area (TPSA) is 81.9 Å². The first-order chi connectivity index (χ1) is 14.2. The van der Waals surface area contributed by atoms with Crippen LogP contribution in [-0.2, 0) is 6.54 Å². The maximum Gasteiger partial charge on any atom is 0.271 e. The molecule has 4 rings (SSSR count). The summed E-state index contributed by atoms with van der Waals surface area (Å²) in [7, 11) is 0. The largest absolute Gasteiger partial charge is 0.478 e. The third-order valence-corrected chi connectivity index (χ3v) is 4.60. The van der Waals surface area contributed by atoms with Crippen molar-refractivity contribution in [2.24, 2.45) is 0 Å². The summed E-state index contributed by atoms with van der Waals surface area (Å²) >= 11 is 6.10. The molecule has 0 unspecified atom stereocenters. The molecule has 7 nitrogen and oxygen atoms in total. The van der Waals surface area contributed by atoms with Crippen molar-refractivity contribution >= 4 is 28.5 Å². The number of nitrogens with one attached hydrogen (secondary N) is 1. The highest BCUT2D eigenvalue weighted by atomic mass is 35.5. The zero-order valence-electron chi connectivity index (χ0n) is 15.7. The molecule has 1 aromatic carbocycles. The number of carbonyl (C=O) groups is 1. The van der Waals surface area contributed by atoms with Gasteiger partial charge in [-0.25, -0.2) is 15.0 Å². The molecule has 0 saturated heterocycles. The summed E-state index contributed by atoms with van der Waals surface area (Å²) in [6.07, 6.45) is 3.46. The van der Waals surface area contributed by atoms with Crippen molar-refractivity contribution in [3.05, 3.63) is 77.3 Å². The molecule has 3 aromatic heterocycles. The van der Waals surface area contributed by atoms with Crippen LogP contribution in [0.25, 0.3) is 16.9 Å². The van der Waals surface area contributed by atoms with Gasteiger partial charge in [-0.1, -0.05) is 29.8 Å². The van der Waals surface area contributed by atoms with Gasteiger partial charge in [0.1, 0.15) is 12.1 Å². The Morgan fingerprint density at radius 2 is 2.00 bits per heavy atom. The highest BCUT2D eigenvalue weighted by Gasteiger charge is 2.14. The summed E-state index contributed by atoms with van der Waals surface area (Å²) < 4.78 is 7.24. The average Bonchev–Trinajstić information content (AvgIpc) is 3.18. The van der Waals surface area contributed by atoms with Crippen LogP contribution < -0.4 is 10.1 Å². The Kier molecular flexibility index (Phi) is 5.39. The number of pyridine rings is 2. The molecule has 0 fully saturated rings. The lowest BCUT2D eigenvalue weighted by Crippen LogP contribution is -2.24. The van der Waals surface area contributed by atoms with E-state index in [2.05, 4.69) is 20.3 Å². The molecule has 0 saturated carbocycles. The van der Waals surface area contributed by atoms with Gasteiger partial charge in [0.15, 0.2) is 5.69 Å². The number of halogens is 1. The summed E-state index contributed by atoms with van der Waals surface area (Å²) in [5.74, 6) is 0.741. The second-order valence-electron chi connectivity index (χ2n) is 6.22. The van der Waals surface area contributed by atoms with Crippen molar-refractivity contribution in [1.29, 1.82) is 0 Å². The number of imidazole rings is 1. The fraction of sp³-hybridized carbons (Fsp3) is 0.143. The number of carbonyl (C=O) groups excluding carboxylic acids is 1. The van der Waals surface area contributed by atoms with E-state index >= 15 is 0 Å². The Bertz CT molecular complexity index is 1160. The van der Waals surface area contributed by atoms with Gasteiger partial charge < -0.3 is 10.1 Å². The van der Waals surface area contributed by atoms with Crippen LogP contribution in [-0.4, -0.2) is 32.0 Å². The fourth-order valence-corrected chi connectivity index (χ4v) is 3.07. The molecule has 1 amide bonds. The third kappa shape index (κ3) is 4.05. The third-order valence-electron chi connectivity index (χ3n) is 4.29. The summed E-state index contributed by atoms with van der Waals surface area (Å²) in [6.45, 7) is 2.60. The molecule has 0 aliphatic rings. The fourth-order valence-electron chi connectivity index (χ4n) is 2.88. The number of rotatable bonds is 6. The smallest absolute Gasteiger partial charge is 0.271 e. The van der Waals surface area contributed by atoms with Crippen LogP contribution in [0.4, 0.5) is 0 Å². The predicted molar refractivity (Wildman–Crippen MR) is 110 cm³/mol. The van der Waals surface area contributed by atoms with E-state index in [1.807, 2.05) is 47.9 Å². The van der Waals surface area contributed by atoms with Crippen molar-refractivity contribution in [3.63, 3.8) is 0 Å². The lowest BCUT2D eigenvalue weighted by atomic mass is 10.2. The van der Waals surface area contributed by atoms with E-state index in [1.54, 1.807) is 24.7 Å². The van der Waals surface area contributed by atoms with Crippen LogP contribution in [0, 0.1) is 0 Å². The van der Waals surface area contributed by atoms with Gasteiger partial charge in [-0.15, -0.1) is 0 Å². The minimum atomic E-state index is -0.374. The van der Waals surface area contributed by atoms with Crippen molar-refractivity contribution < 1.29 is 9.53 Å². The SMILES string of the molecule is CCOc1ccc(Cl)c(C(=O)NCc2ccc(-n3cnc4ccccc43)nc2)n1. The number of benzene rings is 1. The zero-order chi connectivity index (χ0) is 20.2. The Balaban J connectivity index is 1.46. The maximum absolute atomic E-state index is 12.4. The van der Waals surface area contributed by atoms with Gasteiger partial charge >= 0.3 is 0 Å². The highest BCUT2D eigenvalue weighted by Crippen LogP contribution is 2.19. The number of fused-ring (bicyclic) bond motifs is 1. The lowest BCUT2D eigenvalue weighted by molar-refractivity contribution is 0.0945. The number of aromatic nitrogens is 4. The van der Waals surface area contributed by atoms with Gasteiger partial charge in [0, 0.05) is 18.8 Å². The number of amides is 1. The highest BCUT2D eigenvalue weighted by molar-refractivity contribution is 6.33. The summed E-state index contributed by atoms with van der Waals surface area (Å²) in [5.41, 5.74) is 2.87. The van der Waals surface area contributed by atoms with Crippen LogP contribution in [0.1, 0.15) is 23.0 Å². The first kappa shape index (κ1) is 18.9. The van der Waals surface area contributed by atoms with E-state index in [4.69, 9.17) is 16.3 Å². The molecular weight excluding hydrogens is 390 g/mol. The van der Waals surface area contributed by atoms with Gasteiger partial charge in [-0.3, -0.25) is 9.36 Å². The first-order valence-corrected chi connectivity index (χ1v) is 9.48. The average molecular weight is 408 g/mol. The summed E-state index contributed by atoms with van der Waals surface area (Å²) in [6, 6.07) is 14.9. The molecule has 1 N–H and O–H groups in total. The Labute approximate surface area is 172 Å². The molecule has 146 valence electrons. The van der Waals surface area contributed by atoms with Crippen molar-refractivity contribution in [2.45, 2.75) is 13.5 Å². The quantitative estimate of drug-likeness (QED) is 0.525. The van der Waals surface area contributed by atoms with Crippen LogP contribution >= 0.6 is 11.6 Å². The number of nitrogens with zero attached hydrogens (tertiary/aromatic N) is 4. The molecule has 4 aromatic rings. The summed E-state index contributed by atoms with van der Waals surface area (Å²) in [5, 5.41) is 3.08. The lowest BCUT2D eigenvalue weighted by Gasteiger charge is -2.09. The zero-order valence-corrected chi connectivity index (χ0v) is 16.4. The Hall–Kier alpha value is -3.45. The van der Waals surface area contributed by atoms with Crippen molar-refractivity contribution in [2.75, 3.05) is 6.61 Å². The van der Waals surface area contributed by atoms with Crippen LogP contribution in [0.3, 0.4) is 0 Å². The van der Waals surface area contributed by atoms with Crippen LogP contribution in [0.5, 0.6) is 5.88 Å². The van der Waals surface area contributed by atoms with E-state index in [1.165, 1.54) is 0 Å². The molecule has 3 heterocycles. The van der Waals surface area contributed by atoms with Gasteiger partial charge in [-0.2, -0.15) is 0 Å². The molecule has 0 atom stereocenters. The monoisotopic (exact) mass is 407 g/mol. The number of hydrogen-bond donors (Lipinski definition) is 1. The van der Waals surface area contributed by atoms with E-state index < -0.39 is 0 Å². The maximum atomic E-state index is 12.4. The van der Waals surface area contributed by atoms with E-state index in [-0.39, 0.29) is 16.6 Å².